The van der Waals surface area contributed by atoms with Crippen LogP contribution in [-0.2, 0) is 6.42 Å². The molecule has 0 saturated heterocycles. The first-order chi connectivity index (χ1) is 9.99. The first kappa shape index (κ1) is 15.7. The molecule has 2 aromatic rings. The van der Waals surface area contributed by atoms with Crippen LogP contribution in [0.1, 0.15) is 36.7 Å². The van der Waals surface area contributed by atoms with Gasteiger partial charge in [0.25, 0.3) is 0 Å². The summed E-state index contributed by atoms with van der Waals surface area (Å²) in [7, 11) is 0. The Balaban J connectivity index is 2.08. The maximum atomic E-state index is 13.6. The van der Waals surface area contributed by atoms with Crippen molar-refractivity contribution >= 4 is 17.4 Å². The van der Waals surface area contributed by atoms with Crippen molar-refractivity contribution in [1.82, 2.24) is 9.97 Å². The molecule has 1 aromatic carbocycles. The fourth-order valence-electron chi connectivity index (χ4n) is 1.95. The Labute approximate surface area is 129 Å². The Kier molecular flexibility index (Phi) is 5.12. The number of hydrogen-bond donors (Lipinski definition) is 1. The third kappa shape index (κ3) is 3.91. The molecule has 0 bridgehead atoms. The highest BCUT2D eigenvalue weighted by Gasteiger charge is 2.11. The average Bonchev–Trinajstić information content (AvgIpc) is 2.45. The van der Waals surface area contributed by atoms with Crippen molar-refractivity contribution < 1.29 is 4.39 Å². The van der Waals surface area contributed by atoms with Crippen molar-refractivity contribution in [1.29, 1.82) is 0 Å². The van der Waals surface area contributed by atoms with E-state index in [4.69, 9.17) is 11.6 Å². The molecule has 0 amide bonds. The lowest BCUT2D eigenvalue weighted by Gasteiger charge is -2.13. The molecule has 21 heavy (non-hydrogen) atoms. The molecule has 112 valence electrons. The highest BCUT2D eigenvalue weighted by atomic mass is 35.5. The van der Waals surface area contributed by atoms with Gasteiger partial charge in [0.2, 0.25) is 0 Å². The lowest BCUT2D eigenvalue weighted by atomic mass is 10.1. The largest absolute Gasteiger partial charge is 0.369 e. The predicted octanol–water partition coefficient (Wildman–Crippen LogP) is 4.36. The topological polar surface area (TPSA) is 37.8 Å². The maximum Gasteiger partial charge on any atom is 0.137 e. The molecule has 0 spiro atoms. The number of halogens is 2. The number of nitrogens with one attached hydrogen (secondary N) is 1. The van der Waals surface area contributed by atoms with Crippen LogP contribution in [0.15, 0.2) is 24.3 Å². The van der Waals surface area contributed by atoms with E-state index in [1.54, 1.807) is 12.1 Å². The number of benzene rings is 1. The molecule has 1 N–H and O–H groups in total. The Morgan fingerprint density at radius 3 is 2.62 bits per heavy atom. The number of hydrogen-bond acceptors (Lipinski definition) is 3. The predicted molar refractivity (Wildman–Crippen MR) is 84.5 cm³/mol. The number of anilines is 1. The summed E-state index contributed by atoms with van der Waals surface area (Å²) in [4.78, 5) is 8.75. The van der Waals surface area contributed by atoms with E-state index >= 15 is 0 Å². The first-order valence-electron chi connectivity index (χ1n) is 7.00. The van der Waals surface area contributed by atoms with Crippen molar-refractivity contribution in [3.63, 3.8) is 0 Å². The van der Waals surface area contributed by atoms with Crippen molar-refractivity contribution in [2.45, 2.75) is 33.1 Å². The highest BCUT2D eigenvalue weighted by molar-refractivity contribution is 6.30. The molecule has 0 aliphatic heterocycles. The average molecular weight is 308 g/mol. The van der Waals surface area contributed by atoms with E-state index in [0.29, 0.717) is 29.5 Å². The van der Waals surface area contributed by atoms with Gasteiger partial charge in [-0.25, -0.2) is 14.4 Å². The lowest BCUT2D eigenvalue weighted by Crippen LogP contribution is -2.11. The molecule has 0 aliphatic carbocycles. The van der Waals surface area contributed by atoms with E-state index in [1.165, 1.54) is 6.07 Å². The Bertz CT molecular complexity index is 629. The third-order valence-electron chi connectivity index (χ3n) is 3.26. The highest BCUT2D eigenvalue weighted by Crippen LogP contribution is 2.22. The third-order valence-corrected chi connectivity index (χ3v) is 3.63. The molecular weight excluding hydrogens is 289 g/mol. The standard InChI is InChI=1S/C16H19ClFN3/c1-10(2)15-20-14(17)11(3)16(21-15)19-9-8-12-6-4-5-7-13(12)18/h4-7,10H,8-9H2,1-3H3,(H,19,20,21). The molecule has 0 fully saturated rings. The summed E-state index contributed by atoms with van der Waals surface area (Å²) in [6.07, 6.45) is 0.588. The van der Waals surface area contributed by atoms with Crippen molar-refractivity contribution in [3.05, 3.63) is 52.2 Å². The van der Waals surface area contributed by atoms with Gasteiger partial charge in [-0.1, -0.05) is 43.6 Å². The molecule has 0 unspecified atom stereocenters. The van der Waals surface area contributed by atoms with Gasteiger partial charge in [-0.05, 0) is 25.0 Å². The summed E-state index contributed by atoms with van der Waals surface area (Å²) in [5, 5.41) is 3.68. The lowest BCUT2D eigenvalue weighted by molar-refractivity contribution is 0.610. The fourth-order valence-corrected chi connectivity index (χ4v) is 2.13. The Morgan fingerprint density at radius 2 is 1.95 bits per heavy atom. The van der Waals surface area contributed by atoms with E-state index in [9.17, 15) is 4.39 Å². The molecule has 0 atom stereocenters. The summed E-state index contributed by atoms with van der Waals surface area (Å²) < 4.78 is 13.6. The van der Waals surface area contributed by atoms with Gasteiger partial charge in [0, 0.05) is 18.0 Å². The normalized spacial score (nSPS) is 11.0. The van der Waals surface area contributed by atoms with Crippen LogP contribution in [0, 0.1) is 12.7 Å². The summed E-state index contributed by atoms with van der Waals surface area (Å²) >= 11 is 6.13. The van der Waals surface area contributed by atoms with Crippen molar-refractivity contribution in [3.8, 4) is 0 Å². The second-order valence-corrected chi connectivity index (χ2v) is 5.63. The molecular formula is C16H19ClFN3. The number of nitrogens with zero attached hydrogens (tertiary/aromatic N) is 2. The quantitative estimate of drug-likeness (QED) is 0.834. The number of aromatic nitrogens is 2. The van der Waals surface area contributed by atoms with Crippen LogP contribution in [0.5, 0.6) is 0 Å². The Morgan fingerprint density at radius 1 is 1.24 bits per heavy atom. The minimum Gasteiger partial charge on any atom is -0.369 e. The summed E-state index contributed by atoms with van der Waals surface area (Å²) in [6, 6.07) is 6.78. The SMILES string of the molecule is Cc1c(Cl)nc(C(C)C)nc1NCCc1ccccc1F. The van der Waals surface area contributed by atoms with Crippen LogP contribution in [-0.4, -0.2) is 16.5 Å². The monoisotopic (exact) mass is 307 g/mol. The summed E-state index contributed by atoms with van der Waals surface area (Å²) in [5.74, 6) is 1.45. The van der Waals surface area contributed by atoms with Gasteiger partial charge in [0.15, 0.2) is 0 Å². The Hall–Kier alpha value is -1.68. The van der Waals surface area contributed by atoms with Gasteiger partial charge in [-0.15, -0.1) is 0 Å². The van der Waals surface area contributed by atoms with Gasteiger partial charge in [0.05, 0.1) is 0 Å². The molecule has 0 aliphatic rings. The van der Waals surface area contributed by atoms with Crippen LogP contribution < -0.4 is 5.32 Å². The second kappa shape index (κ2) is 6.85. The minimum absolute atomic E-state index is 0.181. The number of rotatable bonds is 5. The van der Waals surface area contributed by atoms with Gasteiger partial charge in [-0.2, -0.15) is 0 Å². The summed E-state index contributed by atoms with van der Waals surface area (Å²) in [6.45, 7) is 6.50. The molecule has 0 radical (unpaired) electrons. The van der Waals surface area contributed by atoms with Gasteiger partial charge < -0.3 is 5.32 Å². The van der Waals surface area contributed by atoms with E-state index in [1.807, 2.05) is 26.8 Å². The van der Waals surface area contributed by atoms with Crippen LogP contribution >= 0.6 is 11.6 Å². The van der Waals surface area contributed by atoms with Gasteiger partial charge >= 0.3 is 0 Å². The van der Waals surface area contributed by atoms with Crippen molar-refractivity contribution in [2.24, 2.45) is 0 Å². The molecule has 5 heteroatoms. The van der Waals surface area contributed by atoms with Crippen molar-refractivity contribution in [2.75, 3.05) is 11.9 Å². The molecule has 3 nitrogen and oxygen atoms in total. The first-order valence-corrected chi connectivity index (χ1v) is 7.38. The molecule has 1 heterocycles. The van der Waals surface area contributed by atoms with Crippen LogP contribution in [0.25, 0.3) is 0 Å². The summed E-state index contributed by atoms with van der Waals surface area (Å²) in [5.41, 5.74) is 1.50. The maximum absolute atomic E-state index is 13.6. The zero-order chi connectivity index (χ0) is 15.4. The smallest absolute Gasteiger partial charge is 0.137 e. The van der Waals surface area contributed by atoms with Crippen LogP contribution in [0.3, 0.4) is 0 Å². The van der Waals surface area contributed by atoms with Crippen LogP contribution in [0.2, 0.25) is 5.15 Å². The zero-order valence-corrected chi connectivity index (χ0v) is 13.2. The van der Waals surface area contributed by atoms with Gasteiger partial charge in [-0.3, -0.25) is 0 Å². The van der Waals surface area contributed by atoms with E-state index < -0.39 is 0 Å². The second-order valence-electron chi connectivity index (χ2n) is 5.27. The minimum atomic E-state index is -0.181. The van der Waals surface area contributed by atoms with E-state index in [-0.39, 0.29) is 11.7 Å². The zero-order valence-electron chi connectivity index (χ0n) is 12.5. The molecule has 1 aromatic heterocycles. The van der Waals surface area contributed by atoms with Gasteiger partial charge in [0.1, 0.15) is 22.6 Å². The van der Waals surface area contributed by atoms with E-state index in [0.717, 1.165) is 11.4 Å². The van der Waals surface area contributed by atoms with E-state index in [2.05, 4.69) is 15.3 Å². The fraction of sp³-hybridized carbons (Fsp3) is 0.375. The molecule has 2 rings (SSSR count). The molecule has 0 saturated carbocycles. The van der Waals surface area contributed by atoms with Crippen LogP contribution in [0.4, 0.5) is 10.2 Å².